The van der Waals surface area contributed by atoms with Gasteiger partial charge in [-0.2, -0.15) is 5.10 Å². The van der Waals surface area contributed by atoms with E-state index in [2.05, 4.69) is 19.9 Å². The molecule has 2 heterocycles. The van der Waals surface area contributed by atoms with Crippen molar-refractivity contribution >= 4 is 10.0 Å². The fourth-order valence-electron chi connectivity index (χ4n) is 1.66. The summed E-state index contributed by atoms with van der Waals surface area (Å²) in [5.41, 5.74) is 6.55. The summed E-state index contributed by atoms with van der Waals surface area (Å²) < 4.78 is 26.9. The zero-order chi connectivity index (χ0) is 13.9. The number of H-pyrrole nitrogens is 1. The number of aromatic nitrogens is 3. The number of aromatic amines is 1. The molecule has 7 nitrogen and oxygen atoms in total. The summed E-state index contributed by atoms with van der Waals surface area (Å²) in [6, 6.07) is 4.88. The number of rotatable bonds is 5. The first-order chi connectivity index (χ1) is 9.04. The van der Waals surface area contributed by atoms with Crippen LogP contribution in [0.25, 0.3) is 0 Å². The molecule has 0 amide bonds. The molecule has 0 spiro atoms. The molecular formula is C11H15N5O2S. The number of nitrogens with one attached hydrogen (secondary N) is 2. The Kier molecular flexibility index (Phi) is 3.93. The van der Waals surface area contributed by atoms with Crippen molar-refractivity contribution < 1.29 is 8.42 Å². The summed E-state index contributed by atoms with van der Waals surface area (Å²) in [6.07, 6.45) is 3.02. The summed E-state index contributed by atoms with van der Waals surface area (Å²) in [4.78, 5) is 4.11. The minimum Gasteiger partial charge on any atom is -0.326 e. The quantitative estimate of drug-likeness (QED) is 0.729. The summed E-state index contributed by atoms with van der Waals surface area (Å²) in [5, 5.41) is 6.15. The summed E-state index contributed by atoms with van der Waals surface area (Å²) in [6.45, 7) is 1.82. The molecule has 102 valence electrons. The summed E-state index contributed by atoms with van der Waals surface area (Å²) in [7, 11) is -3.70. The van der Waals surface area contributed by atoms with Crippen LogP contribution in [0.3, 0.4) is 0 Å². The number of hydrogen-bond acceptors (Lipinski definition) is 5. The Bertz CT molecular complexity index is 638. The van der Waals surface area contributed by atoms with E-state index >= 15 is 0 Å². The summed E-state index contributed by atoms with van der Waals surface area (Å²) in [5.74, 6) is 0. The van der Waals surface area contributed by atoms with Crippen molar-refractivity contribution in [3.05, 3.63) is 41.9 Å². The molecule has 1 unspecified atom stereocenters. The number of sulfonamides is 1. The molecule has 0 radical (unpaired) electrons. The van der Waals surface area contributed by atoms with Crippen LogP contribution in [0, 0.1) is 0 Å². The van der Waals surface area contributed by atoms with Gasteiger partial charge in [0.2, 0.25) is 0 Å². The molecule has 0 bridgehead atoms. The Morgan fingerprint density at radius 2 is 2.26 bits per heavy atom. The molecule has 0 saturated heterocycles. The zero-order valence-electron chi connectivity index (χ0n) is 10.4. The lowest BCUT2D eigenvalue weighted by molar-refractivity contribution is 0.558. The van der Waals surface area contributed by atoms with Gasteiger partial charge in [0.1, 0.15) is 0 Å². The van der Waals surface area contributed by atoms with Crippen LogP contribution in [0.1, 0.15) is 24.2 Å². The van der Waals surface area contributed by atoms with E-state index in [0.29, 0.717) is 11.3 Å². The Morgan fingerprint density at radius 1 is 1.47 bits per heavy atom. The van der Waals surface area contributed by atoms with Gasteiger partial charge in [0.25, 0.3) is 10.0 Å². The van der Waals surface area contributed by atoms with Gasteiger partial charge in [0, 0.05) is 18.3 Å². The maximum absolute atomic E-state index is 12.2. The molecule has 0 aliphatic heterocycles. The Balaban J connectivity index is 2.23. The third-order valence-corrected chi connectivity index (χ3v) is 4.18. The Labute approximate surface area is 111 Å². The van der Waals surface area contributed by atoms with Gasteiger partial charge in [-0.25, -0.2) is 13.1 Å². The van der Waals surface area contributed by atoms with Crippen LogP contribution < -0.4 is 10.5 Å². The van der Waals surface area contributed by atoms with Crippen molar-refractivity contribution in [3.63, 3.8) is 0 Å². The molecule has 0 fully saturated rings. The Morgan fingerprint density at radius 3 is 2.89 bits per heavy atom. The molecule has 8 heteroatoms. The van der Waals surface area contributed by atoms with Crippen LogP contribution in [0.15, 0.2) is 35.6 Å². The van der Waals surface area contributed by atoms with Crippen molar-refractivity contribution in [1.29, 1.82) is 0 Å². The molecule has 0 aromatic carbocycles. The molecule has 4 N–H and O–H groups in total. The first-order valence-electron chi connectivity index (χ1n) is 5.70. The van der Waals surface area contributed by atoms with Gasteiger partial charge in [-0.1, -0.05) is 6.07 Å². The van der Waals surface area contributed by atoms with Crippen LogP contribution in [-0.2, 0) is 16.6 Å². The van der Waals surface area contributed by atoms with E-state index in [1.807, 2.05) is 0 Å². The lowest BCUT2D eigenvalue weighted by atomic mass is 10.2. The lowest BCUT2D eigenvalue weighted by Gasteiger charge is -2.13. The topological polar surface area (TPSA) is 114 Å². The second kappa shape index (κ2) is 5.47. The minimum atomic E-state index is -3.70. The van der Waals surface area contributed by atoms with Crippen molar-refractivity contribution in [3.8, 4) is 0 Å². The molecule has 2 aromatic heterocycles. The van der Waals surface area contributed by atoms with Crippen LogP contribution in [0.4, 0.5) is 0 Å². The fourth-order valence-corrected chi connectivity index (χ4v) is 3.02. The van der Waals surface area contributed by atoms with E-state index < -0.39 is 16.1 Å². The number of nitrogens with zero attached hydrogens (tertiary/aromatic N) is 2. The second-order valence-corrected chi connectivity index (χ2v) is 5.68. The predicted molar refractivity (Wildman–Crippen MR) is 69.5 cm³/mol. The maximum Gasteiger partial charge on any atom is 0.258 e. The highest BCUT2D eigenvalue weighted by atomic mass is 32.2. The van der Waals surface area contributed by atoms with Crippen molar-refractivity contribution in [1.82, 2.24) is 19.9 Å². The van der Waals surface area contributed by atoms with Crippen LogP contribution >= 0.6 is 0 Å². The monoisotopic (exact) mass is 281 g/mol. The van der Waals surface area contributed by atoms with Crippen molar-refractivity contribution in [2.24, 2.45) is 5.73 Å². The molecule has 0 saturated carbocycles. The van der Waals surface area contributed by atoms with Gasteiger partial charge in [-0.05, 0) is 19.1 Å². The SMILES string of the molecule is CC(NS(=O)(=O)c1[nH]ncc1CN)c1ccccn1. The van der Waals surface area contributed by atoms with Crippen molar-refractivity contribution in [2.75, 3.05) is 0 Å². The largest absolute Gasteiger partial charge is 0.326 e. The molecule has 1 atom stereocenters. The molecule has 2 rings (SSSR count). The van der Waals surface area contributed by atoms with Crippen LogP contribution in [-0.4, -0.2) is 23.6 Å². The normalized spacial score (nSPS) is 13.4. The van der Waals surface area contributed by atoms with Gasteiger partial charge >= 0.3 is 0 Å². The average Bonchev–Trinajstić information content (AvgIpc) is 2.88. The smallest absolute Gasteiger partial charge is 0.258 e. The Hall–Kier alpha value is -1.77. The fraction of sp³-hybridized carbons (Fsp3) is 0.273. The van der Waals surface area contributed by atoms with Gasteiger partial charge in [0.05, 0.1) is 17.9 Å². The third kappa shape index (κ3) is 2.98. The van der Waals surface area contributed by atoms with E-state index in [9.17, 15) is 8.42 Å². The van der Waals surface area contributed by atoms with Gasteiger partial charge < -0.3 is 5.73 Å². The standard InChI is InChI=1S/C11H15N5O2S/c1-8(10-4-2-3-5-13-10)16-19(17,18)11-9(6-12)7-14-15-11/h2-5,7-8,16H,6,12H2,1H3,(H,14,15). The van der Waals surface area contributed by atoms with Crippen molar-refractivity contribution in [2.45, 2.75) is 24.5 Å². The zero-order valence-corrected chi connectivity index (χ0v) is 11.2. The summed E-state index contributed by atoms with van der Waals surface area (Å²) >= 11 is 0. The third-order valence-electron chi connectivity index (χ3n) is 2.63. The van der Waals surface area contributed by atoms with E-state index in [0.717, 1.165) is 0 Å². The lowest BCUT2D eigenvalue weighted by Crippen LogP contribution is -2.28. The van der Waals surface area contributed by atoms with Crippen LogP contribution in [0.5, 0.6) is 0 Å². The average molecular weight is 281 g/mol. The van der Waals surface area contributed by atoms with E-state index in [1.54, 1.807) is 31.3 Å². The first-order valence-corrected chi connectivity index (χ1v) is 7.18. The van der Waals surface area contributed by atoms with Gasteiger partial charge in [-0.3, -0.25) is 10.1 Å². The molecular weight excluding hydrogens is 266 g/mol. The molecule has 0 aliphatic rings. The van der Waals surface area contributed by atoms with Crippen LogP contribution in [0.2, 0.25) is 0 Å². The highest BCUT2D eigenvalue weighted by molar-refractivity contribution is 7.89. The van der Waals surface area contributed by atoms with E-state index in [4.69, 9.17) is 5.73 Å². The van der Waals surface area contributed by atoms with E-state index in [1.165, 1.54) is 6.20 Å². The predicted octanol–water partition coefficient (Wildman–Crippen LogP) is 0.303. The number of pyridine rings is 1. The van der Waals surface area contributed by atoms with Gasteiger partial charge in [0.15, 0.2) is 5.03 Å². The maximum atomic E-state index is 12.2. The number of nitrogens with two attached hydrogens (primary N) is 1. The highest BCUT2D eigenvalue weighted by Crippen LogP contribution is 2.16. The second-order valence-electron chi connectivity index (χ2n) is 4.03. The molecule has 19 heavy (non-hydrogen) atoms. The number of hydrogen-bond donors (Lipinski definition) is 3. The first kappa shape index (κ1) is 13.7. The molecule has 0 aliphatic carbocycles. The van der Waals surface area contributed by atoms with E-state index in [-0.39, 0.29) is 11.6 Å². The van der Waals surface area contributed by atoms with Gasteiger partial charge in [-0.15, -0.1) is 0 Å². The highest BCUT2D eigenvalue weighted by Gasteiger charge is 2.23. The minimum absolute atomic E-state index is 0.00205. The molecule has 2 aromatic rings.